The fourth-order valence-corrected chi connectivity index (χ4v) is 2.94. The molecule has 1 amide bonds. The standard InChI is InChI=1S/C13H15BrN2O3/c1-8-5-9(2)15(7-8)13(17)11-6-10(16(18)19)3-4-12(11)14/h3-4,6,8-9H,5,7H2,1-2H3. The van der Waals surface area contributed by atoms with Crippen LogP contribution in [0.2, 0.25) is 0 Å². The van der Waals surface area contributed by atoms with Gasteiger partial charge in [0.15, 0.2) is 0 Å². The van der Waals surface area contributed by atoms with Crippen molar-refractivity contribution in [3.05, 3.63) is 38.3 Å². The highest BCUT2D eigenvalue weighted by Gasteiger charge is 2.31. The van der Waals surface area contributed by atoms with Crippen LogP contribution in [0.25, 0.3) is 0 Å². The Kier molecular flexibility index (Phi) is 3.89. The maximum Gasteiger partial charge on any atom is 0.270 e. The molecular weight excluding hydrogens is 312 g/mol. The number of carbonyl (C=O) groups excluding carboxylic acids is 1. The van der Waals surface area contributed by atoms with Gasteiger partial charge in [-0.05, 0) is 41.3 Å². The summed E-state index contributed by atoms with van der Waals surface area (Å²) in [6.45, 7) is 4.81. The Bertz CT molecular complexity index is 533. The van der Waals surface area contributed by atoms with Crippen LogP contribution in [0.1, 0.15) is 30.6 Å². The molecule has 6 heteroatoms. The van der Waals surface area contributed by atoms with E-state index in [9.17, 15) is 14.9 Å². The van der Waals surface area contributed by atoms with Gasteiger partial charge in [0.2, 0.25) is 0 Å². The summed E-state index contributed by atoms with van der Waals surface area (Å²) in [7, 11) is 0. The predicted octanol–water partition coefficient (Wildman–Crippen LogP) is 3.23. The molecule has 1 fully saturated rings. The van der Waals surface area contributed by atoms with Gasteiger partial charge < -0.3 is 4.90 Å². The van der Waals surface area contributed by atoms with Crippen LogP contribution in [0, 0.1) is 16.0 Å². The lowest BCUT2D eigenvalue weighted by Gasteiger charge is -2.22. The van der Waals surface area contributed by atoms with Gasteiger partial charge in [0.1, 0.15) is 0 Å². The zero-order valence-corrected chi connectivity index (χ0v) is 12.4. The van der Waals surface area contributed by atoms with Crippen molar-refractivity contribution in [2.24, 2.45) is 5.92 Å². The summed E-state index contributed by atoms with van der Waals surface area (Å²) in [6, 6.07) is 4.45. The Morgan fingerprint density at radius 2 is 2.16 bits per heavy atom. The van der Waals surface area contributed by atoms with Crippen LogP contribution in [0.5, 0.6) is 0 Å². The normalized spacial score (nSPS) is 22.6. The number of hydrogen-bond donors (Lipinski definition) is 0. The lowest BCUT2D eigenvalue weighted by atomic mass is 10.1. The fraction of sp³-hybridized carbons (Fsp3) is 0.462. The Hall–Kier alpha value is -1.43. The van der Waals surface area contributed by atoms with Gasteiger partial charge in [-0.15, -0.1) is 0 Å². The smallest absolute Gasteiger partial charge is 0.270 e. The zero-order valence-electron chi connectivity index (χ0n) is 10.8. The number of rotatable bonds is 2. The number of non-ortho nitro benzene ring substituents is 1. The Balaban J connectivity index is 2.33. The topological polar surface area (TPSA) is 63.5 Å². The van der Waals surface area contributed by atoms with Gasteiger partial charge in [-0.25, -0.2) is 0 Å². The second-order valence-corrected chi connectivity index (χ2v) is 5.92. The summed E-state index contributed by atoms with van der Waals surface area (Å²) >= 11 is 3.29. The number of nitro benzene ring substituents is 1. The Morgan fingerprint density at radius 3 is 2.68 bits per heavy atom. The molecule has 1 aromatic rings. The van der Waals surface area contributed by atoms with Crippen molar-refractivity contribution in [3.63, 3.8) is 0 Å². The highest BCUT2D eigenvalue weighted by molar-refractivity contribution is 9.10. The molecule has 0 radical (unpaired) electrons. The summed E-state index contributed by atoms with van der Waals surface area (Å²) < 4.78 is 0.592. The van der Waals surface area contributed by atoms with Gasteiger partial charge in [-0.2, -0.15) is 0 Å². The maximum atomic E-state index is 12.5. The first-order chi connectivity index (χ1) is 8.90. The van der Waals surface area contributed by atoms with E-state index in [4.69, 9.17) is 0 Å². The van der Waals surface area contributed by atoms with Crippen molar-refractivity contribution in [3.8, 4) is 0 Å². The van der Waals surface area contributed by atoms with Crippen molar-refractivity contribution in [2.45, 2.75) is 26.3 Å². The van der Waals surface area contributed by atoms with Crippen LogP contribution >= 0.6 is 15.9 Å². The predicted molar refractivity (Wildman–Crippen MR) is 75.1 cm³/mol. The van der Waals surface area contributed by atoms with Crippen molar-refractivity contribution in [2.75, 3.05) is 6.54 Å². The van der Waals surface area contributed by atoms with Crippen LogP contribution in [0.4, 0.5) is 5.69 Å². The molecular formula is C13H15BrN2O3. The van der Waals surface area contributed by atoms with Crippen molar-refractivity contribution in [1.29, 1.82) is 0 Å². The van der Waals surface area contributed by atoms with Crippen LogP contribution in [-0.2, 0) is 0 Å². The van der Waals surface area contributed by atoms with Crippen LogP contribution < -0.4 is 0 Å². The minimum Gasteiger partial charge on any atom is -0.336 e. The summed E-state index contributed by atoms with van der Waals surface area (Å²) in [4.78, 5) is 24.6. The second kappa shape index (κ2) is 5.28. The van der Waals surface area contributed by atoms with Crippen molar-refractivity contribution < 1.29 is 9.72 Å². The molecule has 1 heterocycles. The van der Waals surface area contributed by atoms with Gasteiger partial charge in [0.05, 0.1) is 10.5 Å². The van der Waals surface area contributed by atoms with E-state index in [2.05, 4.69) is 22.9 Å². The molecule has 2 atom stereocenters. The summed E-state index contributed by atoms with van der Waals surface area (Å²) in [5, 5.41) is 10.8. The number of halogens is 1. The number of nitrogens with zero attached hydrogens (tertiary/aromatic N) is 2. The molecule has 1 aromatic carbocycles. The first-order valence-electron chi connectivity index (χ1n) is 6.15. The third kappa shape index (κ3) is 2.78. The van der Waals surface area contributed by atoms with Gasteiger partial charge >= 0.3 is 0 Å². The van der Waals surface area contributed by atoms with Gasteiger partial charge in [0.25, 0.3) is 11.6 Å². The molecule has 0 aliphatic carbocycles. The van der Waals surface area contributed by atoms with Crippen LogP contribution in [0.15, 0.2) is 22.7 Å². The van der Waals surface area contributed by atoms with E-state index < -0.39 is 4.92 Å². The molecule has 0 aromatic heterocycles. The molecule has 102 valence electrons. The van der Waals surface area contributed by atoms with Crippen LogP contribution in [-0.4, -0.2) is 28.3 Å². The van der Waals surface area contributed by atoms with E-state index in [1.807, 2.05) is 6.92 Å². The van der Waals surface area contributed by atoms with E-state index in [0.29, 0.717) is 22.5 Å². The molecule has 1 aliphatic heterocycles. The molecule has 1 saturated heterocycles. The van der Waals surface area contributed by atoms with Crippen molar-refractivity contribution in [1.82, 2.24) is 4.90 Å². The minimum absolute atomic E-state index is 0.0635. The lowest BCUT2D eigenvalue weighted by Crippen LogP contribution is -2.34. The highest BCUT2D eigenvalue weighted by atomic mass is 79.9. The summed E-state index contributed by atoms with van der Waals surface area (Å²) in [5.74, 6) is 0.323. The Morgan fingerprint density at radius 1 is 1.47 bits per heavy atom. The molecule has 0 bridgehead atoms. The van der Waals surface area contributed by atoms with E-state index in [-0.39, 0.29) is 17.6 Å². The average molecular weight is 327 g/mol. The number of likely N-dealkylation sites (tertiary alicyclic amines) is 1. The highest BCUT2D eigenvalue weighted by Crippen LogP contribution is 2.28. The molecule has 19 heavy (non-hydrogen) atoms. The van der Waals surface area contributed by atoms with Gasteiger partial charge in [-0.1, -0.05) is 6.92 Å². The fourth-order valence-electron chi connectivity index (χ4n) is 2.53. The summed E-state index contributed by atoms with van der Waals surface area (Å²) in [6.07, 6.45) is 0.971. The van der Waals surface area contributed by atoms with E-state index in [1.54, 1.807) is 11.0 Å². The Labute approximate surface area is 119 Å². The number of nitro groups is 1. The van der Waals surface area contributed by atoms with E-state index >= 15 is 0 Å². The SMILES string of the molecule is CC1CC(C)N(C(=O)c2cc([N+](=O)[O-])ccc2Br)C1. The molecule has 2 rings (SSSR count). The van der Waals surface area contributed by atoms with E-state index in [0.717, 1.165) is 6.42 Å². The zero-order chi connectivity index (χ0) is 14.2. The lowest BCUT2D eigenvalue weighted by molar-refractivity contribution is -0.384. The molecule has 0 N–H and O–H groups in total. The molecule has 2 unspecified atom stereocenters. The first-order valence-corrected chi connectivity index (χ1v) is 6.94. The van der Waals surface area contributed by atoms with Crippen LogP contribution in [0.3, 0.4) is 0 Å². The van der Waals surface area contributed by atoms with Crippen molar-refractivity contribution >= 4 is 27.5 Å². The largest absolute Gasteiger partial charge is 0.336 e. The third-order valence-electron chi connectivity index (χ3n) is 3.44. The minimum atomic E-state index is -0.487. The number of carbonyl (C=O) groups is 1. The second-order valence-electron chi connectivity index (χ2n) is 5.07. The maximum absolute atomic E-state index is 12.5. The molecule has 0 saturated carbocycles. The first kappa shape index (κ1) is 14.0. The number of amides is 1. The molecule has 5 nitrogen and oxygen atoms in total. The number of hydrogen-bond acceptors (Lipinski definition) is 3. The quantitative estimate of drug-likeness (QED) is 0.619. The average Bonchev–Trinajstić information content (AvgIpc) is 2.68. The molecule has 0 spiro atoms. The monoisotopic (exact) mass is 326 g/mol. The van der Waals surface area contributed by atoms with E-state index in [1.165, 1.54) is 12.1 Å². The number of benzene rings is 1. The van der Waals surface area contributed by atoms with Gasteiger partial charge in [-0.3, -0.25) is 14.9 Å². The summed E-state index contributed by atoms with van der Waals surface area (Å²) in [5.41, 5.74) is 0.293. The van der Waals surface area contributed by atoms with Gasteiger partial charge in [0, 0.05) is 29.2 Å². The third-order valence-corrected chi connectivity index (χ3v) is 4.13. The molecule has 1 aliphatic rings.